The third-order valence-electron chi connectivity index (χ3n) is 2.27. The first-order valence-corrected chi connectivity index (χ1v) is 5.47. The van der Waals surface area contributed by atoms with Gasteiger partial charge in [-0.05, 0) is 19.1 Å². The Balaban J connectivity index is 3.03. The van der Waals surface area contributed by atoms with Crippen molar-refractivity contribution in [3.63, 3.8) is 0 Å². The SMILES string of the molecule is CC(C#N)CN(C)c1cc(C(F)(F)F)cc(Cl)n1. The number of rotatable bonds is 3. The molecule has 1 heterocycles. The molecule has 0 bridgehead atoms. The maximum Gasteiger partial charge on any atom is 0.416 e. The van der Waals surface area contributed by atoms with E-state index in [4.69, 9.17) is 16.9 Å². The molecule has 0 saturated heterocycles. The van der Waals surface area contributed by atoms with Crippen LogP contribution in [0.1, 0.15) is 12.5 Å². The van der Waals surface area contributed by atoms with Gasteiger partial charge in [0.1, 0.15) is 11.0 Å². The van der Waals surface area contributed by atoms with E-state index in [0.717, 1.165) is 12.1 Å². The van der Waals surface area contributed by atoms with Crippen LogP contribution < -0.4 is 4.90 Å². The molecule has 0 aliphatic heterocycles. The van der Waals surface area contributed by atoms with E-state index < -0.39 is 11.7 Å². The first-order valence-electron chi connectivity index (χ1n) is 5.09. The quantitative estimate of drug-likeness (QED) is 0.796. The van der Waals surface area contributed by atoms with Crippen LogP contribution >= 0.6 is 11.6 Å². The summed E-state index contributed by atoms with van der Waals surface area (Å²) >= 11 is 5.57. The Labute approximate surface area is 108 Å². The summed E-state index contributed by atoms with van der Waals surface area (Å²) in [5.74, 6) is -0.220. The van der Waals surface area contributed by atoms with Gasteiger partial charge in [-0.3, -0.25) is 0 Å². The van der Waals surface area contributed by atoms with Gasteiger partial charge in [0.15, 0.2) is 0 Å². The molecule has 0 aliphatic rings. The van der Waals surface area contributed by atoms with Gasteiger partial charge in [-0.25, -0.2) is 4.98 Å². The van der Waals surface area contributed by atoms with Gasteiger partial charge in [0.05, 0.1) is 17.6 Å². The monoisotopic (exact) mass is 277 g/mol. The molecule has 0 radical (unpaired) electrons. The van der Waals surface area contributed by atoms with Crippen molar-refractivity contribution in [3.05, 3.63) is 22.8 Å². The van der Waals surface area contributed by atoms with Gasteiger partial charge in [-0.2, -0.15) is 18.4 Å². The molecule has 0 aromatic carbocycles. The van der Waals surface area contributed by atoms with E-state index in [0.29, 0.717) is 0 Å². The normalized spacial score (nSPS) is 12.9. The summed E-state index contributed by atoms with van der Waals surface area (Å²) in [7, 11) is 1.56. The third kappa shape index (κ3) is 3.77. The molecule has 1 aromatic heterocycles. The van der Waals surface area contributed by atoms with E-state index >= 15 is 0 Å². The molecule has 0 saturated carbocycles. The third-order valence-corrected chi connectivity index (χ3v) is 2.46. The van der Waals surface area contributed by atoms with Crippen LogP contribution in [0.5, 0.6) is 0 Å². The van der Waals surface area contributed by atoms with E-state index in [1.165, 1.54) is 4.90 Å². The molecule has 3 nitrogen and oxygen atoms in total. The molecule has 7 heteroatoms. The fraction of sp³-hybridized carbons (Fsp3) is 0.455. The van der Waals surface area contributed by atoms with E-state index in [9.17, 15) is 13.2 Å². The van der Waals surface area contributed by atoms with Crippen LogP contribution in [0.4, 0.5) is 19.0 Å². The van der Waals surface area contributed by atoms with Crippen LogP contribution in [-0.4, -0.2) is 18.6 Å². The second-order valence-electron chi connectivity index (χ2n) is 3.95. The number of hydrogen-bond acceptors (Lipinski definition) is 3. The molecule has 1 unspecified atom stereocenters. The molecule has 0 N–H and O–H groups in total. The highest BCUT2D eigenvalue weighted by molar-refractivity contribution is 6.29. The summed E-state index contributed by atoms with van der Waals surface area (Å²) in [5.41, 5.74) is -0.853. The molecule has 1 aromatic rings. The molecule has 18 heavy (non-hydrogen) atoms. The Bertz CT molecular complexity index is 468. The summed E-state index contributed by atoms with van der Waals surface area (Å²) in [5, 5.41) is 8.44. The van der Waals surface area contributed by atoms with Gasteiger partial charge in [-0.15, -0.1) is 0 Å². The number of nitriles is 1. The summed E-state index contributed by atoms with van der Waals surface area (Å²) in [6, 6.07) is 3.68. The number of aromatic nitrogens is 1. The van der Waals surface area contributed by atoms with E-state index in [1.807, 2.05) is 6.07 Å². The summed E-state index contributed by atoms with van der Waals surface area (Å²) < 4.78 is 37.7. The van der Waals surface area contributed by atoms with Gasteiger partial charge in [-0.1, -0.05) is 11.6 Å². The highest BCUT2D eigenvalue weighted by atomic mass is 35.5. The minimum atomic E-state index is -4.47. The lowest BCUT2D eigenvalue weighted by Gasteiger charge is -2.20. The van der Waals surface area contributed by atoms with Gasteiger partial charge in [0, 0.05) is 13.6 Å². The number of nitrogens with zero attached hydrogens (tertiary/aromatic N) is 3. The molecule has 0 amide bonds. The predicted molar refractivity (Wildman–Crippen MR) is 62.3 cm³/mol. The van der Waals surface area contributed by atoms with Crippen molar-refractivity contribution in [2.24, 2.45) is 5.92 Å². The highest BCUT2D eigenvalue weighted by Crippen LogP contribution is 2.32. The van der Waals surface area contributed by atoms with Crippen LogP contribution in [0.25, 0.3) is 0 Å². The van der Waals surface area contributed by atoms with E-state index in [-0.39, 0.29) is 23.4 Å². The Morgan fingerprint density at radius 2 is 2.11 bits per heavy atom. The number of alkyl halides is 3. The fourth-order valence-electron chi connectivity index (χ4n) is 1.39. The number of hydrogen-bond donors (Lipinski definition) is 0. The van der Waals surface area contributed by atoms with E-state index in [1.54, 1.807) is 14.0 Å². The molecular weight excluding hydrogens is 267 g/mol. The zero-order chi connectivity index (χ0) is 13.9. The minimum absolute atomic E-state index is 0.0944. The molecule has 0 aliphatic carbocycles. The van der Waals surface area contributed by atoms with Crippen LogP contribution in [0.15, 0.2) is 12.1 Å². The second-order valence-corrected chi connectivity index (χ2v) is 4.33. The minimum Gasteiger partial charge on any atom is -0.358 e. The number of halogens is 4. The molecule has 1 atom stereocenters. The molecule has 0 spiro atoms. The van der Waals surface area contributed by atoms with E-state index in [2.05, 4.69) is 4.98 Å². The van der Waals surface area contributed by atoms with Crippen LogP contribution in [-0.2, 0) is 6.18 Å². The van der Waals surface area contributed by atoms with Crippen molar-refractivity contribution in [1.29, 1.82) is 5.26 Å². The average molecular weight is 278 g/mol. The largest absolute Gasteiger partial charge is 0.416 e. The Hall–Kier alpha value is -1.48. The lowest BCUT2D eigenvalue weighted by Crippen LogP contribution is -2.24. The summed E-state index contributed by atoms with van der Waals surface area (Å²) in [4.78, 5) is 5.28. The Kier molecular flexibility index (Phi) is 4.41. The van der Waals surface area contributed by atoms with Crippen molar-refractivity contribution in [3.8, 4) is 6.07 Å². The first kappa shape index (κ1) is 14.6. The predicted octanol–water partition coefficient (Wildman–Crippen LogP) is 3.35. The highest BCUT2D eigenvalue weighted by Gasteiger charge is 2.31. The van der Waals surface area contributed by atoms with Crippen LogP contribution in [0, 0.1) is 17.2 Å². The Morgan fingerprint density at radius 3 is 2.61 bits per heavy atom. The molecule has 1 rings (SSSR count). The second kappa shape index (κ2) is 5.44. The topological polar surface area (TPSA) is 39.9 Å². The zero-order valence-electron chi connectivity index (χ0n) is 9.79. The van der Waals surface area contributed by atoms with Crippen LogP contribution in [0.3, 0.4) is 0 Å². The van der Waals surface area contributed by atoms with Crippen LogP contribution in [0.2, 0.25) is 5.15 Å². The number of pyridine rings is 1. The number of anilines is 1. The fourth-order valence-corrected chi connectivity index (χ4v) is 1.59. The molecule has 0 fully saturated rings. The maximum atomic E-state index is 12.6. The zero-order valence-corrected chi connectivity index (χ0v) is 10.5. The smallest absolute Gasteiger partial charge is 0.358 e. The first-order chi connectivity index (χ1) is 8.24. The van der Waals surface area contributed by atoms with Gasteiger partial charge >= 0.3 is 6.18 Å². The van der Waals surface area contributed by atoms with Gasteiger partial charge < -0.3 is 4.90 Å². The maximum absolute atomic E-state index is 12.6. The lowest BCUT2D eigenvalue weighted by atomic mass is 10.2. The van der Waals surface area contributed by atoms with Gasteiger partial charge in [0.2, 0.25) is 0 Å². The summed E-state index contributed by atoms with van der Waals surface area (Å²) in [6.45, 7) is 1.95. The molecular formula is C11H11ClF3N3. The molecule has 98 valence electrons. The van der Waals surface area contributed by atoms with Crippen molar-refractivity contribution >= 4 is 17.4 Å². The van der Waals surface area contributed by atoms with Crippen molar-refractivity contribution in [2.45, 2.75) is 13.1 Å². The van der Waals surface area contributed by atoms with Crippen molar-refractivity contribution in [1.82, 2.24) is 4.98 Å². The standard InChI is InChI=1S/C11H11ClF3N3/c1-7(5-16)6-18(2)10-4-8(11(13,14)15)3-9(12)17-10/h3-4,7H,6H2,1-2H3. The lowest BCUT2D eigenvalue weighted by molar-refractivity contribution is -0.137. The van der Waals surface area contributed by atoms with Gasteiger partial charge in [0.25, 0.3) is 0 Å². The average Bonchev–Trinajstić information content (AvgIpc) is 2.26. The van der Waals surface area contributed by atoms with Crippen molar-refractivity contribution in [2.75, 3.05) is 18.5 Å². The van der Waals surface area contributed by atoms with Crippen molar-refractivity contribution < 1.29 is 13.2 Å². The Morgan fingerprint density at radius 1 is 1.50 bits per heavy atom. The summed E-state index contributed by atoms with van der Waals surface area (Å²) in [6.07, 6.45) is -4.47.